The van der Waals surface area contributed by atoms with Crippen LogP contribution in [0.25, 0.3) is 22.5 Å². The molecule has 4 rings (SSSR count). The highest BCUT2D eigenvalue weighted by atomic mass is 35.5. The summed E-state index contributed by atoms with van der Waals surface area (Å²) in [6, 6.07) is 15.1. The van der Waals surface area contributed by atoms with Crippen LogP contribution in [0.4, 0.5) is 0 Å². The molecule has 0 spiro atoms. The first-order valence-corrected chi connectivity index (χ1v) is 8.96. The van der Waals surface area contributed by atoms with Gasteiger partial charge in [0, 0.05) is 21.2 Å². The number of tetrazole rings is 1. The zero-order valence-electron chi connectivity index (χ0n) is 14.3. The number of benzene rings is 2. The van der Waals surface area contributed by atoms with Crippen molar-refractivity contribution in [3.05, 3.63) is 76.3 Å². The Balaban J connectivity index is 1.81. The first kappa shape index (κ1) is 17.6. The highest BCUT2D eigenvalue weighted by Crippen LogP contribution is 2.30. The van der Waals surface area contributed by atoms with E-state index in [9.17, 15) is 0 Å². The molecule has 27 heavy (non-hydrogen) atoms. The molecule has 0 radical (unpaired) electrons. The van der Waals surface area contributed by atoms with Gasteiger partial charge in [0.2, 0.25) is 0 Å². The first-order valence-electron chi connectivity index (χ1n) is 8.21. The lowest BCUT2D eigenvalue weighted by Gasteiger charge is -2.11. The number of aryl methyl sites for hydroxylation is 1. The van der Waals surface area contributed by atoms with Gasteiger partial charge in [-0.1, -0.05) is 47.5 Å². The van der Waals surface area contributed by atoms with Crippen LogP contribution in [0.1, 0.15) is 11.5 Å². The molecule has 2 heterocycles. The minimum absolute atomic E-state index is 0.438. The van der Waals surface area contributed by atoms with E-state index < -0.39 is 0 Å². The van der Waals surface area contributed by atoms with Gasteiger partial charge in [0.1, 0.15) is 5.82 Å². The van der Waals surface area contributed by atoms with Crippen LogP contribution in [-0.4, -0.2) is 30.2 Å². The third kappa shape index (κ3) is 3.82. The summed E-state index contributed by atoms with van der Waals surface area (Å²) in [6.45, 7) is 2.28. The summed E-state index contributed by atoms with van der Waals surface area (Å²) in [6.07, 6.45) is 1.74. The van der Waals surface area contributed by atoms with Gasteiger partial charge in [-0.05, 0) is 41.6 Å². The largest absolute Gasteiger partial charge is 0.252 e. The second kappa shape index (κ2) is 7.42. The summed E-state index contributed by atoms with van der Waals surface area (Å²) in [7, 11) is 0. The molecule has 4 aromatic rings. The molecule has 2 aromatic carbocycles. The molecule has 0 unspecified atom stereocenters. The van der Waals surface area contributed by atoms with Crippen LogP contribution in [-0.2, 0) is 6.54 Å². The van der Waals surface area contributed by atoms with Gasteiger partial charge in [-0.2, -0.15) is 0 Å². The van der Waals surface area contributed by atoms with E-state index in [0.29, 0.717) is 22.4 Å². The normalized spacial score (nSPS) is 10.9. The van der Waals surface area contributed by atoms with E-state index in [0.717, 1.165) is 28.2 Å². The fourth-order valence-corrected chi connectivity index (χ4v) is 2.93. The van der Waals surface area contributed by atoms with Crippen molar-refractivity contribution in [2.75, 3.05) is 0 Å². The summed E-state index contributed by atoms with van der Waals surface area (Å²) in [5.41, 5.74) is 4.14. The average molecular weight is 397 g/mol. The van der Waals surface area contributed by atoms with Gasteiger partial charge in [-0.25, -0.2) is 9.67 Å². The van der Waals surface area contributed by atoms with E-state index in [4.69, 9.17) is 28.2 Å². The topological polar surface area (TPSA) is 69.4 Å². The van der Waals surface area contributed by atoms with Crippen molar-refractivity contribution in [1.29, 1.82) is 0 Å². The fraction of sp³-hybridized carbons (Fsp3) is 0.105. The molecule has 6 nitrogen and oxygen atoms in total. The van der Waals surface area contributed by atoms with E-state index in [1.165, 1.54) is 0 Å². The molecule has 0 saturated carbocycles. The molecule has 0 saturated heterocycles. The molecular weight excluding hydrogens is 383 g/mol. The number of aromatic nitrogens is 6. The van der Waals surface area contributed by atoms with Crippen molar-refractivity contribution in [1.82, 2.24) is 30.2 Å². The van der Waals surface area contributed by atoms with E-state index in [1.54, 1.807) is 10.9 Å². The van der Waals surface area contributed by atoms with Crippen molar-refractivity contribution < 1.29 is 0 Å². The molecule has 0 fully saturated rings. The van der Waals surface area contributed by atoms with E-state index in [2.05, 4.69) is 20.5 Å². The fourth-order valence-electron chi connectivity index (χ4n) is 2.68. The summed E-state index contributed by atoms with van der Waals surface area (Å²) < 4.78 is 1.68. The molecule has 134 valence electrons. The van der Waals surface area contributed by atoms with Gasteiger partial charge in [-0.3, -0.25) is 4.98 Å². The van der Waals surface area contributed by atoms with E-state index in [1.807, 2.05) is 55.5 Å². The Morgan fingerprint density at radius 3 is 2.00 bits per heavy atom. The minimum Gasteiger partial charge on any atom is -0.252 e. The number of halogens is 2. The summed E-state index contributed by atoms with van der Waals surface area (Å²) in [5.74, 6) is 0.714. The third-order valence-corrected chi connectivity index (χ3v) is 4.58. The summed E-state index contributed by atoms with van der Waals surface area (Å²) in [4.78, 5) is 9.50. The lowest BCUT2D eigenvalue weighted by atomic mass is 10.0. The van der Waals surface area contributed by atoms with Crippen LogP contribution in [0.3, 0.4) is 0 Å². The number of rotatable bonds is 4. The maximum absolute atomic E-state index is 6.04. The van der Waals surface area contributed by atoms with Crippen molar-refractivity contribution in [3.63, 3.8) is 0 Å². The quantitative estimate of drug-likeness (QED) is 0.509. The van der Waals surface area contributed by atoms with Gasteiger partial charge in [0.25, 0.3) is 0 Å². The van der Waals surface area contributed by atoms with Gasteiger partial charge in [0.15, 0.2) is 0 Å². The molecule has 0 N–H and O–H groups in total. The molecule has 2 aromatic heterocycles. The Labute approximate surface area is 165 Å². The SMILES string of the molecule is Cc1nnnn1Cc1cnc(-c2ccc(Cl)cc2)c(-c2ccc(Cl)cc2)n1. The Morgan fingerprint density at radius 1 is 0.852 bits per heavy atom. The first-order chi connectivity index (χ1) is 13.1. The summed E-state index contributed by atoms with van der Waals surface area (Å²) in [5, 5.41) is 12.9. The van der Waals surface area contributed by atoms with Crippen molar-refractivity contribution in [2.24, 2.45) is 0 Å². The van der Waals surface area contributed by atoms with Gasteiger partial charge < -0.3 is 0 Å². The molecule has 0 amide bonds. The van der Waals surface area contributed by atoms with Crippen molar-refractivity contribution in [3.8, 4) is 22.5 Å². The lowest BCUT2D eigenvalue weighted by Crippen LogP contribution is -2.08. The van der Waals surface area contributed by atoms with Crippen LogP contribution in [0.2, 0.25) is 10.0 Å². The minimum atomic E-state index is 0.438. The predicted molar refractivity (Wildman–Crippen MR) is 105 cm³/mol. The average Bonchev–Trinajstić information content (AvgIpc) is 3.08. The van der Waals surface area contributed by atoms with Crippen molar-refractivity contribution in [2.45, 2.75) is 13.5 Å². The van der Waals surface area contributed by atoms with E-state index in [-0.39, 0.29) is 0 Å². The number of hydrogen-bond donors (Lipinski definition) is 0. The molecular formula is C19H14Cl2N6. The van der Waals surface area contributed by atoms with Gasteiger partial charge in [0.05, 0.1) is 29.8 Å². The van der Waals surface area contributed by atoms with Crippen LogP contribution in [0.5, 0.6) is 0 Å². The smallest absolute Gasteiger partial charge is 0.148 e. The van der Waals surface area contributed by atoms with Crippen LogP contribution < -0.4 is 0 Å². The third-order valence-electron chi connectivity index (χ3n) is 4.08. The predicted octanol–water partition coefficient (Wildman–Crippen LogP) is 4.46. The lowest BCUT2D eigenvalue weighted by molar-refractivity contribution is 0.621. The Bertz CT molecular complexity index is 1070. The number of nitrogens with zero attached hydrogens (tertiary/aromatic N) is 6. The van der Waals surface area contributed by atoms with Gasteiger partial charge >= 0.3 is 0 Å². The second-order valence-electron chi connectivity index (χ2n) is 5.96. The zero-order chi connectivity index (χ0) is 18.8. The molecule has 0 bridgehead atoms. The maximum atomic E-state index is 6.04. The number of hydrogen-bond acceptors (Lipinski definition) is 5. The van der Waals surface area contributed by atoms with Crippen LogP contribution >= 0.6 is 23.2 Å². The van der Waals surface area contributed by atoms with Crippen LogP contribution in [0, 0.1) is 6.92 Å². The van der Waals surface area contributed by atoms with E-state index >= 15 is 0 Å². The molecule has 0 aliphatic rings. The Hall–Kier alpha value is -2.83. The highest BCUT2D eigenvalue weighted by Gasteiger charge is 2.13. The molecule has 0 aliphatic carbocycles. The highest BCUT2D eigenvalue weighted by molar-refractivity contribution is 6.31. The Kier molecular flexibility index (Phi) is 4.83. The standard InChI is InChI=1S/C19H14Cl2N6/c1-12-24-25-26-27(12)11-17-10-22-18(13-2-6-15(20)7-3-13)19(23-17)14-4-8-16(21)9-5-14/h2-10H,11H2,1H3. The molecule has 8 heteroatoms. The van der Waals surface area contributed by atoms with Crippen molar-refractivity contribution >= 4 is 23.2 Å². The molecule has 0 aliphatic heterocycles. The Morgan fingerprint density at radius 2 is 1.44 bits per heavy atom. The second-order valence-corrected chi connectivity index (χ2v) is 6.83. The maximum Gasteiger partial charge on any atom is 0.148 e. The molecule has 0 atom stereocenters. The monoisotopic (exact) mass is 396 g/mol. The van der Waals surface area contributed by atoms with Crippen LogP contribution in [0.15, 0.2) is 54.7 Å². The van der Waals surface area contributed by atoms with Gasteiger partial charge in [-0.15, -0.1) is 5.10 Å². The zero-order valence-corrected chi connectivity index (χ0v) is 15.9. The summed E-state index contributed by atoms with van der Waals surface area (Å²) >= 11 is 12.1.